The molecule has 1 atom stereocenters. The highest BCUT2D eigenvalue weighted by Crippen LogP contribution is 2.26. The molecule has 1 aliphatic heterocycles. The third kappa shape index (κ3) is 2.21. The fraction of sp³-hybridized carbons (Fsp3) is 0.375. The van der Waals surface area contributed by atoms with Crippen molar-refractivity contribution in [2.24, 2.45) is 5.92 Å². The van der Waals surface area contributed by atoms with Crippen LogP contribution < -0.4 is 10.1 Å². The van der Waals surface area contributed by atoms with Crippen LogP contribution in [-0.2, 0) is 6.42 Å². The zero-order valence-corrected chi connectivity index (χ0v) is 10.8. The molecule has 2 aromatic rings. The average Bonchev–Trinajstić information content (AvgIpc) is 2.91. The fourth-order valence-electron chi connectivity index (χ4n) is 2.82. The van der Waals surface area contributed by atoms with Crippen LogP contribution in [0.1, 0.15) is 12.0 Å². The number of rotatable bonds is 3. The molecule has 0 radical (unpaired) electrons. The molecule has 0 amide bonds. The monoisotopic (exact) mass is 241 g/mol. The molecule has 1 heterocycles. The minimum absolute atomic E-state index is 0.779. The summed E-state index contributed by atoms with van der Waals surface area (Å²) < 4.78 is 5.33. The Bertz CT molecular complexity index is 544. The van der Waals surface area contributed by atoms with Gasteiger partial charge in [-0.25, -0.2) is 0 Å². The van der Waals surface area contributed by atoms with Crippen LogP contribution in [0, 0.1) is 5.92 Å². The van der Waals surface area contributed by atoms with Gasteiger partial charge in [0, 0.05) is 0 Å². The maximum absolute atomic E-state index is 5.33. The van der Waals surface area contributed by atoms with Crippen molar-refractivity contribution in [3.63, 3.8) is 0 Å². The summed E-state index contributed by atoms with van der Waals surface area (Å²) in [6, 6.07) is 12.9. The Balaban J connectivity index is 1.98. The van der Waals surface area contributed by atoms with Crippen molar-refractivity contribution in [3.8, 4) is 5.75 Å². The highest BCUT2D eigenvalue weighted by molar-refractivity contribution is 5.87. The lowest BCUT2D eigenvalue weighted by atomic mass is 9.94. The van der Waals surface area contributed by atoms with Gasteiger partial charge in [0.2, 0.25) is 0 Å². The molecular weight excluding hydrogens is 222 g/mol. The molecule has 2 aromatic carbocycles. The molecule has 3 rings (SSSR count). The van der Waals surface area contributed by atoms with E-state index in [9.17, 15) is 0 Å². The molecule has 0 aliphatic carbocycles. The number of hydrogen-bond acceptors (Lipinski definition) is 2. The molecule has 0 bridgehead atoms. The zero-order chi connectivity index (χ0) is 12.4. The molecule has 18 heavy (non-hydrogen) atoms. The minimum Gasteiger partial charge on any atom is -0.497 e. The molecule has 94 valence electrons. The Morgan fingerprint density at radius 1 is 1.28 bits per heavy atom. The molecule has 2 heteroatoms. The summed E-state index contributed by atoms with van der Waals surface area (Å²) in [5.74, 6) is 1.72. The summed E-state index contributed by atoms with van der Waals surface area (Å²) in [6.07, 6.45) is 2.46. The molecule has 1 saturated heterocycles. The van der Waals surface area contributed by atoms with Crippen LogP contribution in [0.5, 0.6) is 5.75 Å². The van der Waals surface area contributed by atoms with Gasteiger partial charge in [-0.15, -0.1) is 0 Å². The van der Waals surface area contributed by atoms with Gasteiger partial charge in [-0.1, -0.05) is 24.3 Å². The molecule has 1 N–H and O–H groups in total. The first kappa shape index (κ1) is 11.5. The second kappa shape index (κ2) is 4.99. The van der Waals surface area contributed by atoms with Crippen LogP contribution in [0.3, 0.4) is 0 Å². The van der Waals surface area contributed by atoms with Gasteiger partial charge in [0.1, 0.15) is 5.75 Å². The Morgan fingerprint density at radius 2 is 2.22 bits per heavy atom. The average molecular weight is 241 g/mol. The van der Waals surface area contributed by atoms with E-state index in [-0.39, 0.29) is 0 Å². The number of ether oxygens (including phenoxy) is 1. The number of fused-ring (bicyclic) bond motifs is 1. The van der Waals surface area contributed by atoms with E-state index < -0.39 is 0 Å². The first-order valence-corrected chi connectivity index (χ1v) is 6.63. The summed E-state index contributed by atoms with van der Waals surface area (Å²) in [4.78, 5) is 0. The number of benzene rings is 2. The van der Waals surface area contributed by atoms with Crippen molar-refractivity contribution in [2.75, 3.05) is 20.2 Å². The normalized spacial score (nSPS) is 19.3. The maximum Gasteiger partial charge on any atom is 0.119 e. The van der Waals surface area contributed by atoms with E-state index in [0.29, 0.717) is 0 Å². The Hall–Kier alpha value is -1.54. The van der Waals surface area contributed by atoms with E-state index >= 15 is 0 Å². The molecule has 2 nitrogen and oxygen atoms in total. The van der Waals surface area contributed by atoms with Crippen molar-refractivity contribution >= 4 is 10.8 Å². The van der Waals surface area contributed by atoms with E-state index in [0.717, 1.165) is 24.6 Å². The molecule has 0 saturated carbocycles. The fourth-order valence-corrected chi connectivity index (χ4v) is 2.82. The number of hydrogen-bond donors (Lipinski definition) is 1. The lowest BCUT2D eigenvalue weighted by Gasteiger charge is -2.12. The van der Waals surface area contributed by atoms with Crippen LogP contribution in [0.4, 0.5) is 0 Å². The first-order chi connectivity index (χ1) is 8.86. The van der Waals surface area contributed by atoms with E-state index in [2.05, 4.69) is 35.6 Å². The van der Waals surface area contributed by atoms with Crippen molar-refractivity contribution in [3.05, 3.63) is 42.0 Å². The van der Waals surface area contributed by atoms with Crippen molar-refractivity contribution < 1.29 is 4.74 Å². The number of methoxy groups -OCH3 is 1. The first-order valence-electron chi connectivity index (χ1n) is 6.63. The minimum atomic E-state index is 0.779. The van der Waals surface area contributed by atoms with Crippen molar-refractivity contribution in [1.29, 1.82) is 0 Å². The quantitative estimate of drug-likeness (QED) is 0.892. The largest absolute Gasteiger partial charge is 0.497 e. The SMILES string of the molecule is COc1ccc2cccc(CC3CCNC3)c2c1. The third-order valence-electron chi connectivity index (χ3n) is 3.85. The van der Waals surface area contributed by atoms with Gasteiger partial charge in [0.05, 0.1) is 7.11 Å². The van der Waals surface area contributed by atoms with Gasteiger partial charge in [-0.3, -0.25) is 0 Å². The molecule has 1 aliphatic rings. The van der Waals surface area contributed by atoms with Gasteiger partial charge in [-0.2, -0.15) is 0 Å². The van der Waals surface area contributed by atoms with Gasteiger partial charge in [0.15, 0.2) is 0 Å². The summed E-state index contributed by atoms with van der Waals surface area (Å²) in [5.41, 5.74) is 1.44. The van der Waals surface area contributed by atoms with Crippen LogP contribution in [0.2, 0.25) is 0 Å². The molecule has 0 aromatic heterocycles. The molecule has 1 unspecified atom stereocenters. The highest BCUT2D eigenvalue weighted by atomic mass is 16.5. The third-order valence-corrected chi connectivity index (χ3v) is 3.85. The Morgan fingerprint density at radius 3 is 3.00 bits per heavy atom. The van der Waals surface area contributed by atoms with E-state index in [1.165, 1.54) is 29.3 Å². The Labute approximate surface area is 108 Å². The molecule has 1 fully saturated rings. The van der Waals surface area contributed by atoms with E-state index in [1.807, 2.05) is 6.07 Å². The highest BCUT2D eigenvalue weighted by Gasteiger charge is 2.16. The van der Waals surface area contributed by atoms with Gasteiger partial charge < -0.3 is 10.1 Å². The van der Waals surface area contributed by atoms with Crippen LogP contribution in [-0.4, -0.2) is 20.2 Å². The van der Waals surface area contributed by atoms with Crippen LogP contribution in [0.15, 0.2) is 36.4 Å². The van der Waals surface area contributed by atoms with Crippen molar-refractivity contribution in [1.82, 2.24) is 5.32 Å². The molecular formula is C16H19NO. The molecule has 0 spiro atoms. The van der Waals surface area contributed by atoms with E-state index in [4.69, 9.17) is 4.74 Å². The smallest absolute Gasteiger partial charge is 0.119 e. The second-order valence-electron chi connectivity index (χ2n) is 5.07. The lowest BCUT2D eigenvalue weighted by molar-refractivity contribution is 0.415. The van der Waals surface area contributed by atoms with Gasteiger partial charge in [-0.05, 0) is 60.3 Å². The maximum atomic E-state index is 5.33. The topological polar surface area (TPSA) is 21.3 Å². The Kier molecular flexibility index (Phi) is 3.20. The summed E-state index contributed by atoms with van der Waals surface area (Å²) in [5, 5.41) is 6.08. The predicted octanol–water partition coefficient (Wildman–Crippen LogP) is 3.00. The van der Waals surface area contributed by atoms with Crippen LogP contribution in [0.25, 0.3) is 10.8 Å². The second-order valence-corrected chi connectivity index (χ2v) is 5.07. The zero-order valence-electron chi connectivity index (χ0n) is 10.8. The van der Waals surface area contributed by atoms with Crippen LogP contribution >= 0.6 is 0 Å². The van der Waals surface area contributed by atoms with Gasteiger partial charge in [0.25, 0.3) is 0 Å². The standard InChI is InChI=1S/C16H19NO/c1-18-15-6-5-13-3-2-4-14(16(13)10-15)9-12-7-8-17-11-12/h2-6,10,12,17H,7-9,11H2,1H3. The predicted molar refractivity (Wildman–Crippen MR) is 75.2 cm³/mol. The summed E-state index contributed by atoms with van der Waals surface area (Å²) in [7, 11) is 1.73. The van der Waals surface area contributed by atoms with Gasteiger partial charge >= 0.3 is 0 Å². The summed E-state index contributed by atoms with van der Waals surface area (Å²) >= 11 is 0. The summed E-state index contributed by atoms with van der Waals surface area (Å²) in [6.45, 7) is 2.32. The number of nitrogens with one attached hydrogen (secondary N) is 1. The van der Waals surface area contributed by atoms with Crippen molar-refractivity contribution in [2.45, 2.75) is 12.8 Å². The lowest BCUT2D eigenvalue weighted by Crippen LogP contribution is -2.10. The van der Waals surface area contributed by atoms with E-state index in [1.54, 1.807) is 7.11 Å².